The van der Waals surface area contributed by atoms with E-state index in [-0.39, 0.29) is 16.9 Å². The molecule has 5 nitrogen and oxygen atoms in total. The van der Waals surface area contributed by atoms with Crippen LogP contribution in [0.25, 0.3) is 5.69 Å². The van der Waals surface area contributed by atoms with Gasteiger partial charge in [-0.15, -0.1) is 0 Å². The lowest BCUT2D eigenvalue weighted by atomic mass is 10.1. The standard InChI is InChI=1S/C18H13BrF3N3O2/c1-27-12-4-5-15(19)13(10-12)17(26)24-16-6-3-11(25-8-2-7-23-25)9-14(16)18(20,21)22/h2-10H,1H3,(H,24,26). The van der Waals surface area contributed by atoms with E-state index in [1.54, 1.807) is 18.2 Å². The van der Waals surface area contributed by atoms with E-state index in [4.69, 9.17) is 4.74 Å². The number of halogens is 4. The minimum Gasteiger partial charge on any atom is -0.497 e. The smallest absolute Gasteiger partial charge is 0.418 e. The number of nitrogens with one attached hydrogen (secondary N) is 1. The second-order valence-corrected chi connectivity index (χ2v) is 6.33. The number of carbonyl (C=O) groups is 1. The maximum Gasteiger partial charge on any atom is 0.418 e. The van der Waals surface area contributed by atoms with Crippen LogP contribution in [-0.4, -0.2) is 22.8 Å². The summed E-state index contributed by atoms with van der Waals surface area (Å²) in [4.78, 5) is 12.5. The van der Waals surface area contributed by atoms with Crippen LogP contribution in [0.2, 0.25) is 0 Å². The summed E-state index contributed by atoms with van der Waals surface area (Å²) in [5.41, 5.74) is -0.937. The summed E-state index contributed by atoms with van der Waals surface area (Å²) < 4.78 is 47.3. The zero-order valence-corrected chi connectivity index (χ0v) is 15.5. The molecule has 0 spiro atoms. The normalized spacial score (nSPS) is 11.3. The highest BCUT2D eigenvalue weighted by Crippen LogP contribution is 2.36. The minimum absolute atomic E-state index is 0.152. The number of nitrogens with zero attached hydrogens (tertiary/aromatic N) is 2. The third-order valence-corrected chi connectivity index (χ3v) is 4.44. The van der Waals surface area contributed by atoms with Crippen molar-refractivity contribution in [2.75, 3.05) is 12.4 Å². The summed E-state index contributed by atoms with van der Waals surface area (Å²) in [7, 11) is 1.43. The van der Waals surface area contributed by atoms with Gasteiger partial charge in [-0.1, -0.05) is 0 Å². The molecule has 27 heavy (non-hydrogen) atoms. The van der Waals surface area contributed by atoms with Gasteiger partial charge in [0.2, 0.25) is 0 Å². The van der Waals surface area contributed by atoms with Crippen LogP contribution < -0.4 is 10.1 Å². The van der Waals surface area contributed by atoms with E-state index in [1.807, 2.05) is 0 Å². The number of amides is 1. The zero-order chi connectivity index (χ0) is 19.6. The van der Waals surface area contributed by atoms with Crippen molar-refractivity contribution in [1.82, 2.24) is 9.78 Å². The van der Waals surface area contributed by atoms with E-state index >= 15 is 0 Å². The second-order valence-electron chi connectivity index (χ2n) is 5.48. The quantitative estimate of drug-likeness (QED) is 0.627. The summed E-state index contributed by atoms with van der Waals surface area (Å²) in [5, 5.41) is 6.24. The number of anilines is 1. The van der Waals surface area contributed by atoms with Gasteiger partial charge in [0.05, 0.1) is 29.6 Å². The van der Waals surface area contributed by atoms with E-state index in [1.165, 1.54) is 42.4 Å². The van der Waals surface area contributed by atoms with Crippen molar-refractivity contribution in [3.63, 3.8) is 0 Å². The molecule has 0 saturated heterocycles. The highest BCUT2D eigenvalue weighted by molar-refractivity contribution is 9.10. The molecule has 9 heteroatoms. The Bertz CT molecular complexity index is 972. The van der Waals surface area contributed by atoms with Crippen LogP contribution in [0.3, 0.4) is 0 Å². The number of ether oxygens (including phenoxy) is 1. The highest BCUT2D eigenvalue weighted by atomic mass is 79.9. The van der Waals surface area contributed by atoms with Crippen molar-refractivity contribution in [3.8, 4) is 11.4 Å². The van der Waals surface area contributed by atoms with Crippen LogP contribution >= 0.6 is 15.9 Å². The molecule has 1 amide bonds. The van der Waals surface area contributed by atoms with Crippen molar-refractivity contribution >= 4 is 27.5 Å². The van der Waals surface area contributed by atoms with Gasteiger partial charge in [-0.25, -0.2) is 4.68 Å². The maximum atomic E-state index is 13.5. The van der Waals surface area contributed by atoms with Gasteiger partial charge in [0.15, 0.2) is 0 Å². The van der Waals surface area contributed by atoms with Crippen molar-refractivity contribution in [1.29, 1.82) is 0 Å². The Kier molecular flexibility index (Phi) is 5.22. The SMILES string of the molecule is COc1ccc(Br)c(C(=O)Nc2ccc(-n3cccn3)cc2C(F)(F)F)c1. The first kappa shape index (κ1) is 19.0. The number of hydrogen-bond acceptors (Lipinski definition) is 3. The summed E-state index contributed by atoms with van der Waals surface area (Å²) in [6.07, 6.45) is -1.66. The Morgan fingerprint density at radius 1 is 1.22 bits per heavy atom. The van der Waals surface area contributed by atoms with Crippen molar-refractivity contribution in [3.05, 3.63) is 70.5 Å². The Morgan fingerprint density at radius 3 is 2.63 bits per heavy atom. The van der Waals surface area contributed by atoms with E-state index in [0.717, 1.165) is 6.07 Å². The molecule has 0 aliphatic rings. The highest BCUT2D eigenvalue weighted by Gasteiger charge is 2.34. The van der Waals surface area contributed by atoms with Gasteiger partial charge in [0, 0.05) is 16.9 Å². The molecule has 0 unspecified atom stereocenters. The zero-order valence-electron chi connectivity index (χ0n) is 13.9. The molecule has 1 aromatic heterocycles. The second kappa shape index (κ2) is 7.43. The van der Waals surface area contributed by atoms with Gasteiger partial charge in [-0.2, -0.15) is 18.3 Å². The van der Waals surface area contributed by atoms with Crippen LogP contribution in [-0.2, 0) is 6.18 Å². The molecule has 0 aliphatic heterocycles. The number of benzene rings is 2. The Morgan fingerprint density at radius 2 is 2.00 bits per heavy atom. The van der Waals surface area contributed by atoms with Crippen molar-refractivity contribution in [2.24, 2.45) is 0 Å². The molecular weight excluding hydrogens is 427 g/mol. The van der Waals surface area contributed by atoms with Crippen molar-refractivity contribution in [2.45, 2.75) is 6.18 Å². The lowest BCUT2D eigenvalue weighted by Gasteiger charge is -2.16. The fraction of sp³-hybridized carbons (Fsp3) is 0.111. The number of hydrogen-bond donors (Lipinski definition) is 1. The first-order valence-electron chi connectivity index (χ1n) is 7.66. The minimum atomic E-state index is -4.66. The average Bonchev–Trinajstić information content (AvgIpc) is 3.16. The molecule has 0 saturated carbocycles. The largest absolute Gasteiger partial charge is 0.497 e. The topological polar surface area (TPSA) is 56.1 Å². The van der Waals surface area contributed by atoms with Crippen LogP contribution in [0, 0.1) is 0 Å². The summed E-state index contributed by atoms with van der Waals surface area (Å²) >= 11 is 3.22. The lowest BCUT2D eigenvalue weighted by Crippen LogP contribution is -2.17. The Balaban J connectivity index is 1.98. The first-order valence-corrected chi connectivity index (χ1v) is 8.45. The number of alkyl halides is 3. The average molecular weight is 440 g/mol. The lowest BCUT2D eigenvalue weighted by molar-refractivity contribution is -0.136. The van der Waals surface area contributed by atoms with Gasteiger partial charge in [0.25, 0.3) is 5.91 Å². The molecule has 0 atom stereocenters. The van der Waals surface area contributed by atoms with E-state index in [0.29, 0.717) is 10.2 Å². The Hall–Kier alpha value is -2.81. The summed E-state index contributed by atoms with van der Waals surface area (Å²) in [6.45, 7) is 0. The molecule has 0 radical (unpaired) electrons. The molecule has 1 heterocycles. The molecule has 0 aliphatic carbocycles. The predicted octanol–water partition coefficient (Wildman–Crippen LogP) is 4.91. The molecule has 140 valence electrons. The van der Waals surface area contributed by atoms with Crippen molar-refractivity contribution < 1.29 is 22.7 Å². The van der Waals surface area contributed by atoms with E-state index in [2.05, 4.69) is 26.3 Å². The van der Waals surface area contributed by atoms with Gasteiger partial charge >= 0.3 is 6.18 Å². The van der Waals surface area contributed by atoms with Gasteiger partial charge in [-0.3, -0.25) is 4.79 Å². The Labute approximate surface area is 160 Å². The number of methoxy groups -OCH3 is 1. The van der Waals surface area contributed by atoms with Crippen LogP contribution in [0.1, 0.15) is 15.9 Å². The summed E-state index contributed by atoms with van der Waals surface area (Å²) in [5.74, 6) is -0.286. The van der Waals surface area contributed by atoms with E-state index < -0.39 is 17.6 Å². The number of aromatic nitrogens is 2. The van der Waals surface area contributed by atoms with Crippen LogP contribution in [0.15, 0.2) is 59.3 Å². The molecular formula is C18H13BrF3N3O2. The monoisotopic (exact) mass is 439 g/mol. The van der Waals surface area contributed by atoms with Crippen LogP contribution in [0.4, 0.5) is 18.9 Å². The van der Waals surface area contributed by atoms with Crippen LogP contribution in [0.5, 0.6) is 5.75 Å². The van der Waals surface area contributed by atoms with Gasteiger partial charge < -0.3 is 10.1 Å². The molecule has 1 N–H and O–H groups in total. The maximum absolute atomic E-state index is 13.5. The molecule has 3 aromatic rings. The third kappa shape index (κ3) is 4.13. The summed E-state index contributed by atoms with van der Waals surface area (Å²) in [6, 6.07) is 9.82. The molecule has 0 fully saturated rings. The number of rotatable bonds is 4. The predicted molar refractivity (Wildman–Crippen MR) is 97.2 cm³/mol. The third-order valence-electron chi connectivity index (χ3n) is 3.74. The molecule has 0 bridgehead atoms. The molecule has 2 aromatic carbocycles. The number of carbonyl (C=O) groups excluding carboxylic acids is 1. The van der Waals surface area contributed by atoms with Gasteiger partial charge in [-0.05, 0) is 58.4 Å². The first-order chi connectivity index (χ1) is 12.8. The fourth-order valence-electron chi connectivity index (χ4n) is 2.43. The van der Waals surface area contributed by atoms with Gasteiger partial charge in [0.1, 0.15) is 5.75 Å². The van der Waals surface area contributed by atoms with E-state index in [9.17, 15) is 18.0 Å². The fourth-order valence-corrected chi connectivity index (χ4v) is 2.86. The molecule has 3 rings (SSSR count).